The van der Waals surface area contributed by atoms with Gasteiger partial charge in [-0.2, -0.15) is 0 Å². The molecule has 254 valence electrons. The first kappa shape index (κ1) is 32.3. The molecule has 2 aliphatic heterocycles. The molecular weight excluding hydrogens is 672 g/mol. The fourth-order valence-electron chi connectivity index (χ4n) is 7.09. The third kappa shape index (κ3) is 5.96. The van der Waals surface area contributed by atoms with Crippen LogP contribution in [-0.4, -0.2) is 58.0 Å². The molecule has 0 radical (unpaired) electrons. The van der Waals surface area contributed by atoms with Gasteiger partial charge in [0.05, 0.1) is 18.0 Å². The number of halogens is 1. The van der Waals surface area contributed by atoms with Gasteiger partial charge in [0, 0.05) is 70.1 Å². The van der Waals surface area contributed by atoms with Gasteiger partial charge >= 0.3 is 5.97 Å². The molecule has 0 bridgehead atoms. The van der Waals surface area contributed by atoms with Crippen molar-refractivity contribution in [2.24, 2.45) is 0 Å². The topological polar surface area (TPSA) is 117 Å². The number of thioether (sulfide) groups is 1. The monoisotopic (exact) mass is 706 g/mol. The number of aromatic amines is 2. The van der Waals surface area contributed by atoms with Crippen LogP contribution in [0.1, 0.15) is 57.8 Å². The highest BCUT2D eigenvalue weighted by Gasteiger charge is 2.37. The number of fused-ring (bicyclic) bond motifs is 4. The molecule has 0 aliphatic carbocycles. The van der Waals surface area contributed by atoms with E-state index in [4.69, 9.17) is 21.1 Å². The number of ether oxygens (including phenoxy) is 2. The maximum Gasteiger partial charge on any atom is 0.305 e. The number of nitrogens with one attached hydrogen (secondary N) is 3. The number of Topliss-reactive ketones (excluding diaryl/α,β-unsaturated/α-hetero) is 1. The predicted molar refractivity (Wildman–Crippen MR) is 200 cm³/mol. The molecule has 2 atom stereocenters. The Morgan fingerprint density at radius 3 is 2.62 bits per heavy atom. The summed E-state index contributed by atoms with van der Waals surface area (Å²) in [6, 6.07) is 25.5. The van der Waals surface area contributed by atoms with E-state index in [0.717, 1.165) is 55.1 Å². The van der Waals surface area contributed by atoms with Crippen molar-refractivity contribution >= 4 is 85.0 Å². The zero-order valence-electron chi connectivity index (χ0n) is 27.4. The first-order valence-corrected chi connectivity index (χ1v) is 18.4. The molecule has 0 saturated heterocycles. The van der Waals surface area contributed by atoms with Crippen molar-refractivity contribution < 1.29 is 23.9 Å². The lowest BCUT2D eigenvalue weighted by Gasteiger charge is -2.29. The maximum atomic E-state index is 14.2. The lowest BCUT2D eigenvalue weighted by Crippen LogP contribution is -2.30. The molecule has 2 aromatic heterocycles. The smallest absolute Gasteiger partial charge is 0.305 e. The fraction of sp³-hybridized carbons (Fsp3) is 0.256. The Kier molecular flexibility index (Phi) is 8.66. The van der Waals surface area contributed by atoms with Gasteiger partial charge in [-0.15, -0.1) is 11.6 Å². The average Bonchev–Trinajstić information content (AvgIpc) is 3.85. The predicted octanol–water partition coefficient (Wildman–Crippen LogP) is 8.38. The zero-order valence-corrected chi connectivity index (χ0v) is 29.0. The number of rotatable bonds is 11. The molecule has 2 aliphatic rings. The van der Waals surface area contributed by atoms with Gasteiger partial charge in [-0.05, 0) is 72.0 Å². The second-order valence-corrected chi connectivity index (χ2v) is 14.1. The molecule has 4 aromatic carbocycles. The number of nitrogens with zero attached hydrogens (tertiary/aromatic N) is 1. The van der Waals surface area contributed by atoms with Crippen molar-refractivity contribution in [2.75, 3.05) is 35.0 Å². The molecule has 6 aromatic rings. The zero-order chi connectivity index (χ0) is 34.4. The number of alkyl halides is 1. The first-order chi connectivity index (χ1) is 24.4. The summed E-state index contributed by atoms with van der Waals surface area (Å²) in [6.45, 7) is 2.63. The van der Waals surface area contributed by atoms with Crippen LogP contribution >= 0.6 is 23.4 Å². The van der Waals surface area contributed by atoms with Gasteiger partial charge < -0.3 is 29.7 Å². The molecule has 4 heterocycles. The highest BCUT2D eigenvalue weighted by atomic mass is 35.5. The Morgan fingerprint density at radius 1 is 0.960 bits per heavy atom. The number of H-pyrrole nitrogens is 2. The summed E-state index contributed by atoms with van der Waals surface area (Å²) in [5.41, 5.74) is 6.09. The van der Waals surface area contributed by atoms with Crippen LogP contribution in [-0.2, 0) is 16.0 Å². The molecular formula is C39H35ClN4O5S. The van der Waals surface area contributed by atoms with E-state index < -0.39 is 0 Å². The summed E-state index contributed by atoms with van der Waals surface area (Å²) < 4.78 is 11.5. The number of ketones is 1. The van der Waals surface area contributed by atoms with Crippen LogP contribution < -0.4 is 15.0 Å². The highest BCUT2D eigenvalue weighted by molar-refractivity contribution is 7.99. The van der Waals surface area contributed by atoms with E-state index >= 15 is 0 Å². The van der Waals surface area contributed by atoms with Crippen LogP contribution in [0.4, 0.5) is 11.4 Å². The van der Waals surface area contributed by atoms with E-state index in [1.165, 1.54) is 0 Å². The van der Waals surface area contributed by atoms with E-state index in [1.54, 1.807) is 23.6 Å². The Bertz CT molecular complexity index is 2260. The molecule has 0 fully saturated rings. The van der Waals surface area contributed by atoms with Crippen molar-refractivity contribution in [3.05, 3.63) is 101 Å². The number of benzene rings is 4. The van der Waals surface area contributed by atoms with Gasteiger partial charge in [-0.25, -0.2) is 0 Å². The summed E-state index contributed by atoms with van der Waals surface area (Å²) in [4.78, 5) is 47.5. The molecule has 8 rings (SSSR count). The quantitative estimate of drug-likeness (QED) is 0.0537. The van der Waals surface area contributed by atoms with Gasteiger partial charge in [-0.1, -0.05) is 48.2 Å². The molecule has 9 nitrogen and oxygen atoms in total. The van der Waals surface area contributed by atoms with Crippen molar-refractivity contribution in [1.29, 1.82) is 0 Å². The SMILES string of the molecule is CCOC(=O)CCCSC1Nc2cccc3c4c(cc(c23)O1)N(C(=O)c1cc2cc(CC(=O)c3cc5ccccc5[nH]3)ccc2[nH]1)C[C@H]4CCl. The van der Waals surface area contributed by atoms with Crippen LogP contribution in [0.2, 0.25) is 0 Å². The Hall–Kier alpha value is -4.93. The second-order valence-electron chi connectivity index (χ2n) is 12.7. The van der Waals surface area contributed by atoms with Gasteiger partial charge in [0.1, 0.15) is 11.4 Å². The average molecular weight is 707 g/mol. The molecule has 50 heavy (non-hydrogen) atoms. The van der Waals surface area contributed by atoms with E-state index in [0.29, 0.717) is 54.8 Å². The lowest BCUT2D eigenvalue weighted by atomic mass is 9.94. The van der Waals surface area contributed by atoms with E-state index in [2.05, 4.69) is 21.4 Å². The van der Waals surface area contributed by atoms with E-state index in [9.17, 15) is 14.4 Å². The molecule has 11 heteroatoms. The van der Waals surface area contributed by atoms with Crippen LogP contribution in [0.3, 0.4) is 0 Å². The van der Waals surface area contributed by atoms with E-state index in [-0.39, 0.29) is 35.6 Å². The minimum Gasteiger partial charge on any atom is -0.466 e. The highest BCUT2D eigenvalue weighted by Crippen LogP contribution is 2.50. The van der Waals surface area contributed by atoms with Crippen molar-refractivity contribution in [2.45, 2.75) is 37.7 Å². The number of para-hydroxylation sites is 1. The van der Waals surface area contributed by atoms with E-state index in [1.807, 2.05) is 72.8 Å². The number of esters is 1. The molecule has 1 amide bonds. The number of anilines is 2. The summed E-state index contributed by atoms with van der Waals surface area (Å²) in [5.74, 6) is 1.37. The Labute approximate surface area is 297 Å². The van der Waals surface area contributed by atoms with Crippen LogP contribution in [0.15, 0.2) is 78.9 Å². The van der Waals surface area contributed by atoms with Crippen LogP contribution in [0.5, 0.6) is 5.75 Å². The normalized spacial score (nSPS) is 16.4. The van der Waals surface area contributed by atoms with Crippen LogP contribution in [0, 0.1) is 0 Å². The number of carbonyl (C=O) groups is 3. The summed E-state index contributed by atoms with van der Waals surface area (Å²) in [5, 5.41) is 7.33. The standard InChI is InChI=1S/C39H35ClN4O5S/c1-2-48-35(46)11-6-14-50-39-43-29-10-5-8-26-36-25(20-40)21-44(32(36)19-34(49-39)37(26)29)38(47)31-18-24-15-22(12-13-28(24)42-31)16-33(45)30-17-23-7-3-4-9-27(23)41-30/h3-5,7-10,12-13,15,17-19,25,39,41-43H,2,6,11,14,16,20-21H2,1H3/t25-,39?/m1/s1. The van der Waals surface area contributed by atoms with Crippen molar-refractivity contribution in [1.82, 2.24) is 9.97 Å². The van der Waals surface area contributed by atoms with Crippen LogP contribution in [0.25, 0.3) is 32.6 Å². The van der Waals surface area contributed by atoms with Gasteiger partial charge in [0.15, 0.2) is 5.78 Å². The van der Waals surface area contributed by atoms with Crippen molar-refractivity contribution in [3.63, 3.8) is 0 Å². The molecule has 0 saturated carbocycles. The molecule has 0 spiro atoms. The minimum absolute atomic E-state index is 0.00209. The maximum absolute atomic E-state index is 14.2. The third-order valence-corrected chi connectivity index (χ3v) is 10.8. The fourth-order valence-corrected chi connectivity index (χ4v) is 8.25. The lowest BCUT2D eigenvalue weighted by molar-refractivity contribution is -0.143. The number of aromatic nitrogens is 2. The summed E-state index contributed by atoms with van der Waals surface area (Å²) >= 11 is 8.13. The minimum atomic E-state index is -0.353. The van der Waals surface area contributed by atoms with Gasteiger partial charge in [0.25, 0.3) is 5.91 Å². The Balaban J connectivity index is 1.04. The van der Waals surface area contributed by atoms with Crippen molar-refractivity contribution in [3.8, 4) is 5.75 Å². The summed E-state index contributed by atoms with van der Waals surface area (Å²) in [6.07, 6.45) is 1.28. The number of hydrogen-bond donors (Lipinski definition) is 3. The first-order valence-electron chi connectivity index (χ1n) is 16.8. The molecule has 1 unspecified atom stereocenters. The third-order valence-electron chi connectivity index (χ3n) is 9.40. The summed E-state index contributed by atoms with van der Waals surface area (Å²) in [7, 11) is 0. The number of amides is 1. The van der Waals surface area contributed by atoms with Gasteiger partial charge in [0.2, 0.25) is 5.56 Å². The number of hydrogen-bond acceptors (Lipinski definition) is 7. The largest absolute Gasteiger partial charge is 0.466 e. The Morgan fingerprint density at radius 2 is 1.78 bits per heavy atom. The molecule has 3 N–H and O–H groups in total. The van der Waals surface area contributed by atoms with Gasteiger partial charge in [-0.3, -0.25) is 14.4 Å². The number of carbonyl (C=O) groups excluding carboxylic acids is 3. The second kappa shape index (κ2) is 13.4.